The minimum atomic E-state index is -1.20. The minimum Gasteiger partial charge on any atom is -0.291 e. The molecule has 3 atom stereocenters. The van der Waals surface area contributed by atoms with Gasteiger partial charge in [0.05, 0.1) is 5.92 Å². The number of halogens is 1. The zero-order valence-corrected chi connectivity index (χ0v) is 15.4. The fourth-order valence-corrected chi connectivity index (χ4v) is 3.97. The zero-order valence-electron chi connectivity index (χ0n) is 15.4. The lowest BCUT2D eigenvalue weighted by Crippen LogP contribution is -2.44. The van der Waals surface area contributed by atoms with Crippen LogP contribution in [0, 0.1) is 17.8 Å². The Morgan fingerprint density at radius 2 is 1.92 bits per heavy atom. The molecule has 2 aliphatic carbocycles. The summed E-state index contributed by atoms with van der Waals surface area (Å²) in [7, 11) is 0. The van der Waals surface area contributed by atoms with Gasteiger partial charge in [-0.05, 0) is 51.4 Å². The van der Waals surface area contributed by atoms with Crippen LogP contribution in [-0.2, 0) is 14.4 Å². The van der Waals surface area contributed by atoms with Crippen molar-refractivity contribution in [3.05, 3.63) is 35.2 Å². The maximum Gasteiger partial charge on any atom is 0.228 e. The van der Waals surface area contributed by atoms with Crippen molar-refractivity contribution < 1.29 is 18.8 Å². The number of rotatable bonds is 6. The van der Waals surface area contributed by atoms with Crippen LogP contribution in [0.2, 0.25) is 0 Å². The largest absolute Gasteiger partial charge is 0.291 e. The number of hydrogen-bond acceptors (Lipinski definition) is 3. The van der Waals surface area contributed by atoms with Gasteiger partial charge in [-0.3, -0.25) is 14.4 Å². The van der Waals surface area contributed by atoms with E-state index < -0.39 is 29.1 Å². The fourth-order valence-electron chi connectivity index (χ4n) is 3.97. The van der Waals surface area contributed by atoms with Gasteiger partial charge in [0, 0.05) is 5.57 Å². The standard InChI is InChI=1S/C21H27FO3/c1-5-6-7-8-15-18(22)20(24)17(21(25)19(15)23)16-11-13(4)9-10-14(16)12(2)3/h9,14,16-17H,2,5-8,10-11H2,1,3-4H3. The van der Waals surface area contributed by atoms with Crippen molar-refractivity contribution in [2.45, 2.75) is 59.3 Å². The quantitative estimate of drug-likeness (QED) is 0.304. The Morgan fingerprint density at radius 3 is 2.52 bits per heavy atom. The lowest BCUT2D eigenvalue weighted by Gasteiger charge is -2.36. The van der Waals surface area contributed by atoms with Crippen molar-refractivity contribution in [2.75, 3.05) is 0 Å². The van der Waals surface area contributed by atoms with E-state index in [0.29, 0.717) is 19.3 Å². The summed E-state index contributed by atoms with van der Waals surface area (Å²) in [5, 5.41) is 0. The third-order valence-electron chi connectivity index (χ3n) is 5.43. The highest BCUT2D eigenvalue weighted by atomic mass is 19.1. The van der Waals surface area contributed by atoms with E-state index in [-0.39, 0.29) is 23.8 Å². The van der Waals surface area contributed by atoms with Gasteiger partial charge in [0.25, 0.3) is 0 Å². The van der Waals surface area contributed by atoms with Gasteiger partial charge in [-0.25, -0.2) is 4.39 Å². The first-order chi connectivity index (χ1) is 11.8. The van der Waals surface area contributed by atoms with Crippen LogP contribution in [0.5, 0.6) is 0 Å². The third-order valence-corrected chi connectivity index (χ3v) is 5.43. The number of carbonyl (C=O) groups is 3. The van der Waals surface area contributed by atoms with Gasteiger partial charge in [-0.1, -0.05) is 43.6 Å². The summed E-state index contributed by atoms with van der Waals surface area (Å²) in [6, 6.07) is 0. The highest BCUT2D eigenvalue weighted by molar-refractivity contribution is 6.50. The molecule has 2 rings (SSSR count). The van der Waals surface area contributed by atoms with Crippen LogP contribution in [0.3, 0.4) is 0 Å². The van der Waals surface area contributed by atoms with Gasteiger partial charge in [0.2, 0.25) is 17.3 Å². The molecule has 3 nitrogen and oxygen atoms in total. The molecule has 25 heavy (non-hydrogen) atoms. The number of Topliss-reactive ketones (excluding diaryl/α,β-unsaturated/α-hetero) is 3. The van der Waals surface area contributed by atoms with Crippen molar-refractivity contribution in [1.29, 1.82) is 0 Å². The van der Waals surface area contributed by atoms with Gasteiger partial charge < -0.3 is 0 Å². The zero-order chi connectivity index (χ0) is 18.7. The molecular formula is C21H27FO3. The number of hydrogen-bond donors (Lipinski definition) is 0. The molecule has 2 aliphatic rings. The van der Waals surface area contributed by atoms with E-state index in [2.05, 4.69) is 12.7 Å². The summed E-state index contributed by atoms with van der Waals surface area (Å²) in [6.07, 6.45) is 5.78. The number of allylic oxidation sites excluding steroid dienone is 5. The van der Waals surface area contributed by atoms with E-state index in [1.807, 2.05) is 20.8 Å². The second kappa shape index (κ2) is 8.03. The Hall–Kier alpha value is -1.84. The lowest BCUT2D eigenvalue weighted by molar-refractivity contribution is -0.144. The summed E-state index contributed by atoms with van der Waals surface area (Å²) in [5.74, 6) is -4.99. The highest BCUT2D eigenvalue weighted by Crippen LogP contribution is 2.42. The molecular weight excluding hydrogens is 319 g/mol. The first-order valence-electron chi connectivity index (χ1n) is 9.12. The molecule has 0 aromatic carbocycles. The summed E-state index contributed by atoms with van der Waals surface area (Å²) in [6.45, 7) is 9.75. The van der Waals surface area contributed by atoms with Crippen LogP contribution in [0.4, 0.5) is 4.39 Å². The molecule has 0 saturated carbocycles. The number of unbranched alkanes of at least 4 members (excludes halogenated alkanes) is 2. The van der Waals surface area contributed by atoms with Crippen molar-refractivity contribution in [2.24, 2.45) is 17.8 Å². The molecule has 0 aliphatic heterocycles. The van der Waals surface area contributed by atoms with Gasteiger partial charge in [-0.15, -0.1) is 0 Å². The molecule has 0 N–H and O–H groups in total. The number of carbonyl (C=O) groups excluding carboxylic acids is 3. The average molecular weight is 346 g/mol. The monoisotopic (exact) mass is 346 g/mol. The highest BCUT2D eigenvalue weighted by Gasteiger charge is 2.48. The summed E-state index contributed by atoms with van der Waals surface area (Å²) in [4.78, 5) is 37.8. The smallest absolute Gasteiger partial charge is 0.228 e. The first kappa shape index (κ1) is 19.5. The topological polar surface area (TPSA) is 51.2 Å². The fraction of sp³-hybridized carbons (Fsp3) is 0.571. The predicted octanol–water partition coefficient (Wildman–Crippen LogP) is 4.68. The van der Waals surface area contributed by atoms with Crippen molar-refractivity contribution in [3.8, 4) is 0 Å². The van der Waals surface area contributed by atoms with Gasteiger partial charge in [0.1, 0.15) is 0 Å². The summed E-state index contributed by atoms with van der Waals surface area (Å²) in [5.41, 5.74) is 1.71. The Kier molecular flexibility index (Phi) is 6.26. The van der Waals surface area contributed by atoms with Gasteiger partial charge >= 0.3 is 0 Å². The molecule has 0 saturated heterocycles. The van der Waals surface area contributed by atoms with Crippen LogP contribution >= 0.6 is 0 Å². The van der Waals surface area contributed by atoms with Gasteiger partial charge in [-0.2, -0.15) is 0 Å². The molecule has 0 aromatic heterocycles. The van der Waals surface area contributed by atoms with E-state index in [1.165, 1.54) is 0 Å². The summed E-state index contributed by atoms with van der Waals surface area (Å²) >= 11 is 0. The second-order valence-electron chi connectivity index (χ2n) is 7.39. The molecule has 0 spiro atoms. The van der Waals surface area contributed by atoms with Crippen LogP contribution in [0.15, 0.2) is 35.2 Å². The van der Waals surface area contributed by atoms with Crippen LogP contribution < -0.4 is 0 Å². The normalized spacial score (nSPS) is 27.6. The van der Waals surface area contributed by atoms with Crippen molar-refractivity contribution in [3.63, 3.8) is 0 Å². The third kappa shape index (κ3) is 3.88. The average Bonchev–Trinajstić information content (AvgIpc) is 2.56. The van der Waals surface area contributed by atoms with Crippen molar-refractivity contribution in [1.82, 2.24) is 0 Å². The van der Waals surface area contributed by atoms with E-state index >= 15 is 0 Å². The van der Waals surface area contributed by atoms with E-state index in [1.54, 1.807) is 0 Å². The Morgan fingerprint density at radius 1 is 1.24 bits per heavy atom. The maximum atomic E-state index is 14.6. The predicted molar refractivity (Wildman–Crippen MR) is 95.6 cm³/mol. The molecule has 0 fully saturated rings. The molecule has 0 radical (unpaired) electrons. The molecule has 3 unspecified atom stereocenters. The Balaban J connectivity index is 2.35. The number of ketones is 3. The Labute approximate surface area is 149 Å². The maximum absolute atomic E-state index is 14.6. The molecule has 0 bridgehead atoms. The van der Waals surface area contributed by atoms with Crippen LogP contribution in [-0.4, -0.2) is 17.3 Å². The molecule has 0 amide bonds. The summed E-state index contributed by atoms with van der Waals surface area (Å²) < 4.78 is 14.6. The lowest BCUT2D eigenvalue weighted by atomic mass is 9.65. The molecule has 0 aromatic rings. The first-order valence-corrected chi connectivity index (χ1v) is 9.12. The molecule has 136 valence electrons. The van der Waals surface area contributed by atoms with Crippen molar-refractivity contribution >= 4 is 17.3 Å². The van der Waals surface area contributed by atoms with E-state index in [0.717, 1.165) is 24.0 Å². The second-order valence-corrected chi connectivity index (χ2v) is 7.39. The van der Waals surface area contributed by atoms with Crippen LogP contribution in [0.25, 0.3) is 0 Å². The molecule has 0 heterocycles. The van der Waals surface area contributed by atoms with Gasteiger partial charge in [0.15, 0.2) is 5.83 Å². The van der Waals surface area contributed by atoms with Crippen LogP contribution in [0.1, 0.15) is 59.3 Å². The minimum absolute atomic E-state index is 0.0798. The van der Waals surface area contributed by atoms with E-state index in [9.17, 15) is 18.8 Å². The van der Waals surface area contributed by atoms with E-state index in [4.69, 9.17) is 0 Å². The molecule has 4 heteroatoms. The Bertz CT molecular complexity index is 669. The SMILES string of the molecule is C=C(C)C1CC=C(C)CC1C1C(=O)C(=O)C(CCCCC)=C(F)C1=O.